The van der Waals surface area contributed by atoms with E-state index >= 15 is 0 Å². The van der Waals surface area contributed by atoms with E-state index in [4.69, 9.17) is 5.11 Å². The number of carboxylic acids is 1. The molecule has 7 heteroatoms. The van der Waals surface area contributed by atoms with Gasteiger partial charge in [-0.1, -0.05) is 22.0 Å². The number of rotatable bonds is 3. The van der Waals surface area contributed by atoms with E-state index in [1.165, 1.54) is 29.0 Å². The van der Waals surface area contributed by atoms with Gasteiger partial charge in [0, 0.05) is 16.7 Å². The molecule has 1 aromatic heterocycles. The number of aromatic amines is 1. The Kier molecular flexibility index (Phi) is 3.66. The number of carbonyl (C=O) groups is 1. The van der Waals surface area contributed by atoms with Gasteiger partial charge in [0.05, 0.1) is 12.1 Å². The molecule has 0 saturated carbocycles. The van der Waals surface area contributed by atoms with Crippen molar-refractivity contribution in [1.29, 1.82) is 0 Å². The highest BCUT2D eigenvalue weighted by molar-refractivity contribution is 9.10. The highest BCUT2D eigenvalue weighted by Crippen LogP contribution is 2.19. The van der Waals surface area contributed by atoms with Gasteiger partial charge in [-0.05, 0) is 17.7 Å². The van der Waals surface area contributed by atoms with Gasteiger partial charge in [0.25, 0.3) is 5.56 Å². The zero-order valence-corrected chi connectivity index (χ0v) is 11.2. The predicted molar refractivity (Wildman–Crippen MR) is 71.5 cm³/mol. The van der Waals surface area contributed by atoms with E-state index in [-0.39, 0.29) is 12.1 Å². The minimum absolute atomic E-state index is 0.157. The molecular formula is C12H9BrN2O4. The molecule has 0 atom stereocenters. The number of nitrogens with zero attached hydrogens (tertiary/aromatic N) is 1. The van der Waals surface area contributed by atoms with E-state index in [1.54, 1.807) is 6.07 Å². The van der Waals surface area contributed by atoms with Crippen molar-refractivity contribution in [3.63, 3.8) is 0 Å². The Labute approximate surface area is 115 Å². The van der Waals surface area contributed by atoms with Crippen molar-refractivity contribution in [2.24, 2.45) is 0 Å². The molecule has 0 aliphatic heterocycles. The number of hydrogen-bond acceptors (Lipinski definition) is 3. The molecule has 98 valence electrons. The Bertz CT molecular complexity index is 748. The zero-order chi connectivity index (χ0) is 14.0. The Morgan fingerprint density at radius 1 is 1.32 bits per heavy atom. The predicted octanol–water partition coefficient (Wildman–Crippen LogP) is 1.05. The van der Waals surface area contributed by atoms with Crippen LogP contribution in [-0.2, 0) is 6.54 Å². The minimum Gasteiger partial charge on any atom is -0.478 e. The largest absolute Gasteiger partial charge is 0.478 e. The van der Waals surface area contributed by atoms with E-state index < -0.39 is 17.2 Å². The lowest BCUT2D eigenvalue weighted by molar-refractivity contribution is 0.0697. The molecule has 6 nitrogen and oxygen atoms in total. The van der Waals surface area contributed by atoms with Crippen molar-refractivity contribution in [3.8, 4) is 0 Å². The molecule has 1 heterocycles. The fraction of sp³-hybridized carbons (Fsp3) is 0.0833. The van der Waals surface area contributed by atoms with E-state index in [0.717, 1.165) is 5.56 Å². The quantitative estimate of drug-likeness (QED) is 0.882. The lowest BCUT2D eigenvalue weighted by Crippen LogP contribution is -2.28. The minimum atomic E-state index is -1.02. The first kappa shape index (κ1) is 13.3. The number of aromatic nitrogens is 2. The summed E-state index contributed by atoms with van der Waals surface area (Å²) >= 11 is 3.26. The summed E-state index contributed by atoms with van der Waals surface area (Å²) in [5.41, 5.74) is -0.0770. The summed E-state index contributed by atoms with van der Waals surface area (Å²) in [5, 5.41) is 8.85. The summed E-state index contributed by atoms with van der Waals surface area (Å²) < 4.78 is 1.91. The van der Waals surface area contributed by atoms with E-state index in [9.17, 15) is 14.4 Å². The van der Waals surface area contributed by atoms with Crippen LogP contribution >= 0.6 is 15.9 Å². The molecule has 0 unspecified atom stereocenters. The van der Waals surface area contributed by atoms with Gasteiger partial charge in [0.2, 0.25) is 0 Å². The maximum absolute atomic E-state index is 11.5. The third kappa shape index (κ3) is 3.00. The van der Waals surface area contributed by atoms with Crippen LogP contribution in [0.15, 0.2) is 44.5 Å². The second-order valence-electron chi connectivity index (χ2n) is 3.85. The van der Waals surface area contributed by atoms with E-state index in [0.29, 0.717) is 4.47 Å². The summed E-state index contributed by atoms with van der Waals surface area (Å²) in [6, 6.07) is 5.79. The Morgan fingerprint density at radius 2 is 2.05 bits per heavy atom. The maximum Gasteiger partial charge on any atom is 0.335 e. The van der Waals surface area contributed by atoms with Crippen molar-refractivity contribution in [1.82, 2.24) is 9.55 Å². The van der Waals surface area contributed by atoms with E-state index in [2.05, 4.69) is 20.9 Å². The van der Waals surface area contributed by atoms with Crippen LogP contribution in [0.25, 0.3) is 0 Å². The van der Waals surface area contributed by atoms with Gasteiger partial charge in [-0.15, -0.1) is 0 Å². The third-order valence-corrected chi connectivity index (χ3v) is 3.28. The number of halogens is 1. The summed E-state index contributed by atoms with van der Waals surface area (Å²) in [4.78, 5) is 35.4. The summed E-state index contributed by atoms with van der Waals surface area (Å²) in [6.45, 7) is 0.232. The number of carboxylic acid groups (broad SMARTS) is 1. The first-order chi connectivity index (χ1) is 8.97. The topological polar surface area (TPSA) is 92.2 Å². The summed E-state index contributed by atoms with van der Waals surface area (Å²) in [6.07, 6.45) is 1.39. The van der Waals surface area contributed by atoms with Gasteiger partial charge < -0.3 is 5.11 Å². The number of hydrogen-bond donors (Lipinski definition) is 2. The lowest BCUT2D eigenvalue weighted by Gasteiger charge is -2.07. The smallest absolute Gasteiger partial charge is 0.335 e. The number of benzene rings is 1. The SMILES string of the molecule is O=C(O)c1ccc(Cn2ccc(=O)[nH]c2=O)c(Br)c1. The molecule has 2 aromatic rings. The molecule has 0 fully saturated rings. The van der Waals surface area contributed by atoms with E-state index in [1.807, 2.05) is 0 Å². The fourth-order valence-electron chi connectivity index (χ4n) is 1.56. The number of aromatic carboxylic acids is 1. The second-order valence-corrected chi connectivity index (χ2v) is 4.70. The normalized spacial score (nSPS) is 10.4. The second kappa shape index (κ2) is 5.23. The standard InChI is InChI=1S/C12H9BrN2O4/c13-9-5-7(11(17)18)1-2-8(9)6-15-4-3-10(16)14-12(15)19/h1-5H,6H2,(H,17,18)(H,14,16,19). The highest BCUT2D eigenvalue weighted by Gasteiger charge is 2.07. The van der Waals surface area contributed by atoms with Crippen molar-refractivity contribution < 1.29 is 9.90 Å². The molecule has 1 aromatic carbocycles. The van der Waals surface area contributed by atoms with Gasteiger partial charge in [-0.25, -0.2) is 9.59 Å². The van der Waals surface area contributed by atoms with Crippen LogP contribution < -0.4 is 11.2 Å². The first-order valence-corrected chi connectivity index (χ1v) is 6.08. The molecule has 2 rings (SSSR count). The van der Waals surface area contributed by atoms with Crippen molar-refractivity contribution in [2.75, 3.05) is 0 Å². The summed E-state index contributed by atoms with van der Waals surface area (Å²) in [7, 11) is 0. The Hall–Kier alpha value is -2.15. The fourth-order valence-corrected chi connectivity index (χ4v) is 2.07. The first-order valence-electron chi connectivity index (χ1n) is 5.29. The molecule has 0 bridgehead atoms. The van der Waals surface area contributed by atoms with Crippen molar-refractivity contribution in [2.45, 2.75) is 6.54 Å². The summed E-state index contributed by atoms with van der Waals surface area (Å²) in [5.74, 6) is -1.02. The molecule has 0 saturated heterocycles. The molecule has 0 aliphatic carbocycles. The molecule has 0 radical (unpaired) electrons. The van der Waals surface area contributed by atoms with Crippen LogP contribution in [0, 0.1) is 0 Å². The zero-order valence-electron chi connectivity index (χ0n) is 9.59. The van der Waals surface area contributed by atoms with Crippen LogP contribution in [-0.4, -0.2) is 20.6 Å². The van der Waals surface area contributed by atoms with Gasteiger partial charge in [-0.2, -0.15) is 0 Å². The third-order valence-electron chi connectivity index (χ3n) is 2.54. The average Bonchev–Trinajstić information content (AvgIpc) is 2.34. The van der Waals surface area contributed by atoms with Gasteiger partial charge in [0.15, 0.2) is 0 Å². The Morgan fingerprint density at radius 3 is 2.63 bits per heavy atom. The van der Waals surface area contributed by atoms with Gasteiger partial charge >= 0.3 is 11.7 Å². The van der Waals surface area contributed by atoms with Crippen molar-refractivity contribution in [3.05, 3.63) is 66.9 Å². The molecule has 0 amide bonds. The highest BCUT2D eigenvalue weighted by atomic mass is 79.9. The van der Waals surface area contributed by atoms with Gasteiger partial charge in [-0.3, -0.25) is 14.3 Å². The number of H-pyrrole nitrogens is 1. The van der Waals surface area contributed by atoms with Crippen LogP contribution in [0.2, 0.25) is 0 Å². The molecule has 2 N–H and O–H groups in total. The van der Waals surface area contributed by atoms with Crippen LogP contribution in [0.5, 0.6) is 0 Å². The van der Waals surface area contributed by atoms with Crippen LogP contribution in [0.4, 0.5) is 0 Å². The average molecular weight is 325 g/mol. The maximum atomic E-state index is 11.5. The lowest BCUT2D eigenvalue weighted by atomic mass is 10.1. The van der Waals surface area contributed by atoms with Crippen molar-refractivity contribution >= 4 is 21.9 Å². The van der Waals surface area contributed by atoms with Gasteiger partial charge in [0.1, 0.15) is 0 Å². The Balaban J connectivity index is 2.36. The van der Waals surface area contributed by atoms with Crippen LogP contribution in [0.1, 0.15) is 15.9 Å². The molecule has 0 aliphatic rings. The molecular weight excluding hydrogens is 316 g/mol. The number of nitrogens with one attached hydrogen (secondary N) is 1. The molecule has 0 spiro atoms. The van der Waals surface area contributed by atoms with Crippen LogP contribution in [0.3, 0.4) is 0 Å². The molecule has 19 heavy (non-hydrogen) atoms. The monoisotopic (exact) mass is 324 g/mol.